The number of hydrogen-bond acceptors (Lipinski definition) is 3. The van der Waals surface area contributed by atoms with Crippen LogP contribution in [-0.4, -0.2) is 23.6 Å². The lowest BCUT2D eigenvalue weighted by atomic mass is 10.1. The molecule has 23 heavy (non-hydrogen) atoms. The summed E-state index contributed by atoms with van der Waals surface area (Å²) in [5.41, 5.74) is 1.00. The van der Waals surface area contributed by atoms with Gasteiger partial charge in [-0.2, -0.15) is 0 Å². The average molecular weight is 320 g/mol. The van der Waals surface area contributed by atoms with Gasteiger partial charge in [0.15, 0.2) is 0 Å². The largest absolute Gasteiger partial charge is 0.444 e. The fourth-order valence-corrected chi connectivity index (χ4v) is 1.72. The van der Waals surface area contributed by atoms with Crippen LogP contribution in [0.4, 0.5) is 4.79 Å². The fraction of sp³-hybridized carbons (Fsp3) is 0.556. The second kappa shape index (κ2) is 7.99. The smallest absolute Gasteiger partial charge is 0.407 e. The molecule has 0 unspecified atom stereocenters. The molecule has 0 saturated carbocycles. The van der Waals surface area contributed by atoms with Gasteiger partial charge in [-0.05, 0) is 51.3 Å². The summed E-state index contributed by atoms with van der Waals surface area (Å²) in [6, 6.07) is 7.29. The van der Waals surface area contributed by atoms with Gasteiger partial charge in [-0.15, -0.1) is 0 Å². The number of nitrogens with one attached hydrogen (secondary N) is 2. The number of rotatable bonds is 5. The van der Waals surface area contributed by atoms with Crippen LogP contribution in [0, 0.1) is 5.92 Å². The third kappa shape index (κ3) is 7.17. The van der Waals surface area contributed by atoms with E-state index in [-0.39, 0.29) is 11.9 Å². The topological polar surface area (TPSA) is 67.4 Å². The van der Waals surface area contributed by atoms with Crippen molar-refractivity contribution in [1.29, 1.82) is 0 Å². The van der Waals surface area contributed by atoms with Gasteiger partial charge in [-0.3, -0.25) is 4.79 Å². The molecule has 0 spiro atoms. The van der Waals surface area contributed by atoms with Gasteiger partial charge in [0.05, 0.1) is 0 Å². The Labute approximate surface area is 138 Å². The van der Waals surface area contributed by atoms with Crippen molar-refractivity contribution in [2.75, 3.05) is 0 Å². The third-order valence-corrected chi connectivity index (χ3v) is 3.41. The second-order valence-corrected chi connectivity index (χ2v) is 7.06. The first-order valence-corrected chi connectivity index (χ1v) is 7.95. The molecular formula is C18H28N2O3. The van der Waals surface area contributed by atoms with Crippen molar-refractivity contribution in [3.63, 3.8) is 0 Å². The molecule has 0 aliphatic heterocycles. The number of ether oxygens (including phenoxy) is 1. The van der Waals surface area contributed by atoms with Crippen LogP contribution in [0.25, 0.3) is 0 Å². The number of alkyl carbamates (subject to hydrolysis) is 1. The van der Waals surface area contributed by atoms with Crippen molar-refractivity contribution in [3.8, 4) is 0 Å². The van der Waals surface area contributed by atoms with E-state index in [1.165, 1.54) is 0 Å². The molecule has 0 fully saturated rings. The Morgan fingerprint density at radius 3 is 2.13 bits per heavy atom. The molecule has 1 rings (SSSR count). The highest BCUT2D eigenvalue weighted by molar-refractivity contribution is 5.94. The molecule has 0 aliphatic rings. The normalized spacial score (nSPS) is 12.7. The molecular weight excluding hydrogens is 292 g/mol. The monoisotopic (exact) mass is 320 g/mol. The van der Waals surface area contributed by atoms with Gasteiger partial charge in [0.25, 0.3) is 5.91 Å². The van der Waals surface area contributed by atoms with E-state index in [1.54, 1.807) is 12.1 Å². The molecule has 1 aromatic carbocycles. The van der Waals surface area contributed by atoms with Crippen LogP contribution in [0.5, 0.6) is 0 Å². The highest BCUT2D eigenvalue weighted by Gasteiger charge is 2.16. The average Bonchev–Trinajstić information content (AvgIpc) is 2.43. The Hall–Kier alpha value is -2.04. The van der Waals surface area contributed by atoms with Crippen molar-refractivity contribution >= 4 is 12.0 Å². The number of benzene rings is 1. The quantitative estimate of drug-likeness (QED) is 0.872. The van der Waals surface area contributed by atoms with E-state index in [0.717, 1.165) is 5.56 Å². The summed E-state index contributed by atoms with van der Waals surface area (Å²) in [6.45, 7) is 11.9. The summed E-state index contributed by atoms with van der Waals surface area (Å²) in [6.07, 6.45) is -0.454. The van der Waals surface area contributed by atoms with Crippen molar-refractivity contribution in [1.82, 2.24) is 10.6 Å². The zero-order valence-corrected chi connectivity index (χ0v) is 14.9. The summed E-state index contributed by atoms with van der Waals surface area (Å²) in [5.74, 6) is 0.300. The van der Waals surface area contributed by atoms with E-state index >= 15 is 0 Å². The predicted molar refractivity (Wildman–Crippen MR) is 91.3 cm³/mol. The van der Waals surface area contributed by atoms with Crippen molar-refractivity contribution in [2.24, 2.45) is 5.92 Å². The van der Waals surface area contributed by atoms with Crippen LogP contribution in [0.1, 0.15) is 57.5 Å². The van der Waals surface area contributed by atoms with Crippen LogP contribution in [0.3, 0.4) is 0 Å². The minimum atomic E-state index is -0.515. The first kappa shape index (κ1) is 19.0. The van der Waals surface area contributed by atoms with Crippen LogP contribution in [-0.2, 0) is 11.3 Å². The molecule has 0 aliphatic carbocycles. The lowest BCUT2D eigenvalue weighted by Gasteiger charge is -2.19. The zero-order chi connectivity index (χ0) is 17.6. The lowest BCUT2D eigenvalue weighted by Crippen LogP contribution is -2.36. The molecule has 0 aromatic heterocycles. The van der Waals surface area contributed by atoms with Crippen LogP contribution >= 0.6 is 0 Å². The molecule has 0 saturated heterocycles. The zero-order valence-electron chi connectivity index (χ0n) is 14.9. The Morgan fingerprint density at radius 2 is 1.65 bits per heavy atom. The summed E-state index contributed by atoms with van der Waals surface area (Å²) in [7, 11) is 0. The summed E-state index contributed by atoms with van der Waals surface area (Å²) in [5, 5.41) is 5.65. The first-order valence-electron chi connectivity index (χ1n) is 7.95. The molecule has 5 heteroatoms. The summed E-state index contributed by atoms with van der Waals surface area (Å²) >= 11 is 0. The predicted octanol–water partition coefficient (Wildman–Crippen LogP) is 3.49. The maximum Gasteiger partial charge on any atom is 0.407 e. The molecule has 0 radical (unpaired) electrons. The highest BCUT2D eigenvalue weighted by Crippen LogP contribution is 2.09. The van der Waals surface area contributed by atoms with Gasteiger partial charge >= 0.3 is 6.09 Å². The molecule has 0 heterocycles. The van der Waals surface area contributed by atoms with Crippen LogP contribution in [0.15, 0.2) is 24.3 Å². The SMILES string of the molecule is CC(C)[C@H](C)NC(=O)c1ccc(CNC(=O)OC(C)(C)C)cc1. The number of amides is 2. The lowest BCUT2D eigenvalue weighted by molar-refractivity contribution is 0.0523. The summed E-state index contributed by atoms with van der Waals surface area (Å²) in [4.78, 5) is 23.7. The standard InChI is InChI=1S/C18H28N2O3/c1-12(2)13(3)20-16(21)15-9-7-14(8-10-15)11-19-17(22)23-18(4,5)6/h7-10,12-13H,11H2,1-6H3,(H,19,22)(H,20,21)/t13-/m0/s1. The van der Waals surface area contributed by atoms with E-state index in [0.29, 0.717) is 18.0 Å². The van der Waals surface area contributed by atoms with Gasteiger partial charge in [0.2, 0.25) is 0 Å². The van der Waals surface area contributed by atoms with Gasteiger partial charge in [0, 0.05) is 18.2 Å². The van der Waals surface area contributed by atoms with E-state index in [4.69, 9.17) is 4.74 Å². The maximum absolute atomic E-state index is 12.1. The maximum atomic E-state index is 12.1. The number of carbonyl (C=O) groups excluding carboxylic acids is 2. The number of carbonyl (C=O) groups is 2. The van der Waals surface area contributed by atoms with Gasteiger partial charge < -0.3 is 15.4 Å². The van der Waals surface area contributed by atoms with E-state index < -0.39 is 11.7 Å². The second-order valence-electron chi connectivity index (χ2n) is 7.06. The van der Waals surface area contributed by atoms with Crippen molar-refractivity contribution in [2.45, 2.75) is 59.7 Å². The molecule has 2 amide bonds. The molecule has 0 bridgehead atoms. The van der Waals surface area contributed by atoms with Crippen molar-refractivity contribution in [3.05, 3.63) is 35.4 Å². The molecule has 1 atom stereocenters. The minimum absolute atomic E-state index is 0.0853. The molecule has 128 valence electrons. The van der Waals surface area contributed by atoms with Gasteiger partial charge in [-0.25, -0.2) is 4.79 Å². The highest BCUT2D eigenvalue weighted by atomic mass is 16.6. The fourth-order valence-electron chi connectivity index (χ4n) is 1.72. The van der Waals surface area contributed by atoms with Crippen LogP contribution in [0.2, 0.25) is 0 Å². The Bertz CT molecular complexity index is 530. The van der Waals surface area contributed by atoms with E-state index in [9.17, 15) is 9.59 Å². The number of hydrogen-bond donors (Lipinski definition) is 2. The minimum Gasteiger partial charge on any atom is -0.444 e. The molecule has 5 nitrogen and oxygen atoms in total. The molecule has 2 N–H and O–H groups in total. The Kier molecular flexibility index (Phi) is 6.61. The van der Waals surface area contributed by atoms with Crippen LogP contribution < -0.4 is 10.6 Å². The first-order chi connectivity index (χ1) is 10.6. The van der Waals surface area contributed by atoms with E-state index in [2.05, 4.69) is 24.5 Å². The Balaban J connectivity index is 2.53. The molecule has 1 aromatic rings. The van der Waals surface area contributed by atoms with E-state index in [1.807, 2.05) is 39.8 Å². The third-order valence-electron chi connectivity index (χ3n) is 3.41. The summed E-state index contributed by atoms with van der Waals surface area (Å²) < 4.78 is 5.17. The van der Waals surface area contributed by atoms with Gasteiger partial charge in [-0.1, -0.05) is 26.0 Å². The van der Waals surface area contributed by atoms with Crippen molar-refractivity contribution < 1.29 is 14.3 Å². The Morgan fingerprint density at radius 1 is 1.09 bits per heavy atom. The van der Waals surface area contributed by atoms with Gasteiger partial charge in [0.1, 0.15) is 5.60 Å².